The second-order valence-electron chi connectivity index (χ2n) is 5.64. The fourth-order valence-corrected chi connectivity index (χ4v) is 3.95. The van der Waals surface area contributed by atoms with E-state index in [9.17, 15) is 22.9 Å². The first-order chi connectivity index (χ1) is 12.2. The maximum absolute atomic E-state index is 13.0. The zero-order chi connectivity index (χ0) is 19.3. The first kappa shape index (κ1) is 20.3. The second-order valence-corrected chi connectivity index (χ2v) is 8.53. The molecular weight excluding hydrogens is 381 g/mol. The molecule has 0 saturated carbocycles. The molecule has 0 saturated heterocycles. The number of benzene rings is 2. The molecule has 0 bridgehead atoms. The quantitative estimate of drug-likeness (QED) is 0.542. The molecule has 0 fully saturated rings. The van der Waals surface area contributed by atoms with Crippen molar-refractivity contribution in [3.63, 3.8) is 0 Å². The van der Waals surface area contributed by atoms with E-state index in [2.05, 4.69) is 4.72 Å². The molecule has 0 heterocycles. The lowest BCUT2D eigenvalue weighted by molar-refractivity contribution is -0.388. The summed E-state index contributed by atoms with van der Waals surface area (Å²) < 4.78 is 40.0. The maximum atomic E-state index is 13.0. The summed E-state index contributed by atoms with van der Waals surface area (Å²) in [6, 6.07) is 9.23. The smallest absolute Gasteiger partial charge is 0.284 e. The van der Waals surface area contributed by atoms with Gasteiger partial charge in [0.2, 0.25) is 10.0 Å². The van der Waals surface area contributed by atoms with Gasteiger partial charge in [-0.1, -0.05) is 11.8 Å². The second kappa shape index (κ2) is 8.58. The van der Waals surface area contributed by atoms with E-state index >= 15 is 0 Å². The Labute approximate surface area is 155 Å². The molecule has 2 aromatic carbocycles. The van der Waals surface area contributed by atoms with Gasteiger partial charge < -0.3 is 4.90 Å². The minimum absolute atomic E-state index is 0.175. The molecule has 0 aromatic heterocycles. The average Bonchev–Trinajstić information content (AvgIpc) is 2.56. The lowest BCUT2D eigenvalue weighted by Crippen LogP contribution is -2.31. The summed E-state index contributed by atoms with van der Waals surface area (Å²) in [6.45, 7) is 0.690. The Balaban J connectivity index is 2.27. The molecule has 26 heavy (non-hydrogen) atoms. The third kappa shape index (κ3) is 5.49. The van der Waals surface area contributed by atoms with Crippen LogP contribution in [-0.4, -0.2) is 45.4 Å². The number of nitro groups is 1. The van der Waals surface area contributed by atoms with Crippen LogP contribution in [-0.2, 0) is 10.0 Å². The van der Waals surface area contributed by atoms with E-state index < -0.39 is 20.8 Å². The SMILES string of the molecule is CN(C)CCNS(=O)(=O)c1ccc(Sc2ccc(F)cc2)c([N+](=O)[O-])c1. The van der Waals surface area contributed by atoms with Gasteiger partial charge in [0.1, 0.15) is 5.82 Å². The predicted molar refractivity (Wildman–Crippen MR) is 97.4 cm³/mol. The van der Waals surface area contributed by atoms with Crippen LogP contribution in [0.15, 0.2) is 57.2 Å². The van der Waals surface area contributed by atoms with Gasteiger partial charge in [0.15, 0.2) is 0 Å². The number of halogens is 1. The minimum atomic E-state index is -3.85. The van der Waals surface area contributed by atoms with Gasteiger partial charge in [-0.25, -0.2) is 17.5 Å². The van der Waals surface area contributed by atoms with Crippen LogP contribution in [0.25, 0.3) is 0 Å². The van der Waals surface area contributed by atoms with Crippen molar-refractivity contribution in [1.82, 2.24) is 9.62 Å². The number of hydrogen-bond donors (Lipinski definition) is 1. The molecule has 7 nitrogen and oxygen atoms in total. The van der Waals surface area contributed by atoms with Crippen LogP contribution in [0, 0.1) is 15.9 Å². The molecule has 10 heteroatoms. The van der Waals surface area contributed by atoms with Gasteiger partial charge in [0.05, 0.1) is 14.7 Å². The number of hydrogen-bond acceptors (Lipinski definition) is 6. The van der Waals surface area contributed by atoms with Crippen LogP contribution in [0.1, 0.15) is 0 Å². The van der Waals surface area contributed by atoms with Crippen molar-refractivity contribution < 1.29 is 17.7 Å². The van der Waals surface area contributed by atoms with Crippen molar-refractivity contribution in [2.75, 3.05) is 27.2 Å². The molecule has 1 N–H and O–H groups in total. The lowest BCUT2D eigenvalue weighted by Gasteiger charge is -2.11. The molecule has 0 aliphatic rings. The standard InChI is InChI=1S/C16H18FN3O4S2/c1-19(2)10-9-18-26(23,24)14-7-8-16(15(11-14)20(21)22)25-13-5-3-12(17)4-6-13/h3-8,11,18H,9-10H2,1-2H3. The van der Waals surface area contributed by atoms with Gasteiger partial charge in [-0.05, 0) is 50.5 Å². The Morgan fingerprint density at radius 3 is 2.42 bits per heavy atom. The Morgan fingerprint density at radius 1 is 1.19 bits per heavy atom. The average molecular weight is 399 g/mol. The number of likely N-dealkylation sites (N-methyl/N-ethyl adjacent to an activating group) is 1. The summed E-state index contributed by atoms with van der Waals surface area (Å²) in [4.78, 5) is 13.2. The number of sulfonamides is 1. The van der Waals surface area contributed by atoms with Crippen molar-refractivity contribution >= 4 is 27.5 Å². The van der Waals surface area contributed by atoms with Crippen LogP contribution < -0.4 is 4.72 Å². The van der Waals surface area contributed by atoms with Gasteiger partial charge in [0.25, 0.3) is 5.69 Å². The highest BCUT2D eigenvalue weighted by Crippen LogP contribution is 2.36. The van der Waals surface area contributed by atoms with E-state index in [-0.39, 0.29) is 22.0 Å². The minimum Gasteiger partial charge on any atom is -0.308 e. The Bertz CT molecular complexity index is 887. The summed E-state index contributed by atoms with van der Waals surface area (Å²) >= 11 is 1.06. The first-order valence-electron chi connectivity index (χ1n) is 7.55. The molecule has 0 radical (unpaired) electrons. The normalized spacial score (nSPS) is 11.7. The van der Waals surface area contributed by atoms with E-state index in [1.54, 1.807) is 14.1 Å². The molecule has 2 rings (SSSR count). The molecule has 0 aliphatic carbocycles. The first-order valence-corrected chi connectivity index (χ1v) is 9.85. The Hall–Kier alpha value is -2.01. The molecule has 2 aromatic rings. The number of nitro benzene ring substituents is 1. The van der Waals surface area contributed by atoms with Crippen molar-refractivity contribution in [3.8, 4) is 0 Å². The van der Waals surface area contributed by atoms with Crippen LogP contribution in [0.4, 0.5) is 10.1 Å². The number of nitrogens with zero attached hydrogens (tertiary/aromatic N) is 2. The predicted octanol–water partition coefficient (Wildman–Crippen LogP) is 2.73. The lowest BCUT2D eigenvalue weighted by atomic mass is 10.3. The summed E-state index contributed by atoms with van der Waals surface area (Å²) in [5.41, 5.74) is -0.324. The van der Waals surface area contributed by atoms with Gasteiger partial charge in [-0.2, -0.15) is 0 Å². The molecular formula is C16H18FN3O4S2. The van der Waals surface area contributed by atoms with Crippen molar-refractivity contribution in [2.24, 2.45) is 0 Å². The Kier molecular flexibility index (Phi) is 6.70. The monoisotopic (exact) mass is 399 g/mol. The molecule has 0 spiro atoms. The molecule has 0 amide bonds. The van der Waals surface area contributed by atoms with E-state index in [1.165, 1.54) is 36.4 Å². The van der Waals surface area contributed by atoms with E-state index in [0.717, 1.165) is 17.8 Å². The largest absolute Gasteiger partial charge is 0.308 e. The summed E-state index contributed by atoms with van der Waals surface area (Å²) in [5, 5.41) is 11.4. The highest BCUT2D eigenvalue weighted by Gasteiger charge is 2.21. The topological polar surface area (TPSA) is 92.6 Å². The zero-order valence-electron chi connectivity index (χ0n) is 14.2. The van der Waals surface area contributed by atoms with Crippen LogP contribution in [0.5, 0.6) is 0 Å². The van der Waals surface area contributed by atoms with Crippen LogP contribution >= 0.6 is 11.8 Å². The molecule has 0 aliphatic heterocycles. The van der Waals surface area contributed by atoms with Crippen molar-refractivity contribution in [2.45, 2.75) is 14.7 Å². The number of rotatable bonds is 8. The van der Waals surface area contributed by atoms with E-state index in [4.69, 9.17) is 0 Å². The Morgan fingerprint density at radius 2 is 1.85 bits per heavy atom. The molecule has 0 unspecified atom stereocenters. The van der Waals surface area contributed by atoms with E-state index in [0.29, 0.717) is 11.4 Å². The number of nitrogens with one attached hydrogen (secondary N) is 1. The van der Waals surface area contributed by atoms with Gasteiger partial charge in [-0.15, -0.1) is 0 Å². The van der Waals surface area contributed by atoms with Crippen LogP contribution in [0.3, 0.4) is 0 Å². The highest BCUT2D eigenvalue weighted by atomic mass is 32.2. The van der Waals surface area contributed by atoms with Gasteiger partial charge in [0, 0.05) is 24.1 Å². The zero-order valence-corrected chi connectivity index (χ0v) is 15.8. The van der Waals surface area contributed by atoms with Crippen molar-refractivity contribution in [3.05, 3.63) is 58.4 Å². The summed E-state index contributed by atoms with van der Waals surface area (Å²) in [6.07, 6.45) is 0. The van der Waals surface area contributed by atoms with Crippen LogP contribution in [0.2, 0.25) is 0 Å². The highest BCUT2D eigenvalue weighted by molar-refractivity contribution is 7.99. The fourth-order valence-electron chi connectivity index (χ4n) is 2.01. The molecule has 0 atom stereocenters. The maximum Gasteiger partial charge on any atom is 0.284 e. The van der Waals surface area contributed by atoms with Crippen molar-refractivity contribution in [1.29, 1.82) is 0 Å². The third-order valence-corrected chi connectivity index (χ3v) is 5.86. The van der Waals surface area contributed by atoms with E-state index in [1.807, 2.05) is 4.90 Å². The molecule has 140 valence electrons. The fraction of sp³-hybridized carbons (Fsp3) is 0.250. The van der Waals surface area contributed by atoms with Gasteiger partial charge >= 0.3 is 0 Å². The third-order valence-electron chi connectivity index (χ3n) is 3.33. The van der Waals surface area contributed by atoms with Gasteiger partial charge in [-0.3, -0.25) is 10.1 Å². The summed E-state index contributed by atoms with van der Waals surface area (Å²) in [5.74, 6) is -0.408. The summed E-state index contributed by atoms with van der Waals surface area (Å²) in [7, 11) is -0.235.